The molecule has 0 unspecified atom stereocenters. The van der Waals surface area contributed by atoms with Crippen molar-refractivity contribution in [3.63, 3.8) is 0 Å². The molecule has 0 amide bonds. The first-order valence-corrected chi connectivity index (χ1v) is 19.4. The third-order valence-electron chi connectivity index (χ3n) is 4.74. The Morgan fingerprint density at radius 2 is 1.12 bits per heavy atom. The van der Waals surface area contributed by atoms with E-state index in [-0.39, 0.29) is 0 Å². The van der Waals surface area contributed by atoms with Gasteiger partial charge in [0.2, 0.25) is 0 Å². The van der Waals surface area contributed by atoms with Gasteiger partial charge >= 0.3 is 0 Å². The van der Waals surface area contributed by atoms with Crippen LogP contribution in [0, 0.1) is 0 Å². The molecule has 0 N–H and O–H groups in total. The van der Waals surface area contributed by atoms with Crippen LogP contribution in [-0.2, 0) is 0 Å². The number of rotatable bonds is 6. The fourth-order valence-electron chi connectivity index (χ4n) is 3.83. The number of hydrogen-bond acceptors (Lipinski definition) is 1. The molecule has 4 heteroatoms. The van der Waals surface area contributed by atoms with E-state index in [1.165, 1.54) is 22.0 Å². The second-order valence-electron chi connectivity index (χ2n) is 9.48. The van der Waals surface area contributed by atoms with Crippen LogP contribution in [0.25, 0.3) is 5.57 Å². The van der Waals surface area contributed by atoms with E-state index < -0.39 is 25.3 Å². The van der Waals surface area contributed by atoms with Gasteiger partial charge in [-0.05, 0) is 28.8 Å². The summed E-state index contributed by atoms with van der Waals surface area (Å²) in [6.45, 7) is 23.7. The van der Waals surface area contributed by atoms with E-state index in [4.69, 9.17) is 0 Å². The maximum Gasteiger partial charge on any atom is 0.138 e. The summed E-state index contributed by atoms with van der Waals surface area (Å²) >= 11 is 0. The Bertz CT molecular complexity index is 734. The largest absolute Gasteiger partial charge is 0.425 e. The molecule has 0 atom stereocenters. The fourth-order valence-corrected chi connectivity index (χ4v) is 14.7. The van der Waals surface area contributed by atoms with Crippen molar-refractivity contribution < 1.29 is 0 Å². The van der Waals surface area contributed by atoms with Crippen molar-refractivity contribution in [3.8, 4) is 0 Å². The van der Waals surface area contributed by atoms with Crippen LogP contribution in [0.15, 0.2) is 55.1 Å². The van der Waals surface area contributed by atoms with Crippen LogP contribution in [0.5, 0.6) is 0 Å². The van der Waals surface area contributed by atoms with Crippen molar-refractivity contribution in [3.05, 3.63) is 66.2 Å². The normalized spacial score (nSPS) is 12.3. The van der Waals surface area contributed by atoms with Crippen LogP contribution < -0.4 is 9.42 Å². The lowest BCUT2D eigenvalue weighted by molar-refractivity contribution is 1.35. The predicted octanol–water partition coefficient (Wildman–Crippen LogP) is 5.92. The summed E-state index contributed by atoms with van der Waals surface area (Å²) in [5.41, 5.74) is 4.93. The minimum absolute atomic E-state index is 0.733. The summed E-state index contributed by atoms with van der Waals surface area (Å²) in [6, 6.07) is 18.1. The molecule has 2 aromatic carbocycles. The SMILES string of the molecule is C=C(c1ccc(N([Si](C)(C)C)[Si](C)(C)C)cc1)c1ccc([SiH](C)C)cc1. The first-order chi connectivity index (χ1) is 11.9. The van der Waals surface area contributed by atoms with Gasteiger partial charge in [0.15, 0.2) is 0 Å². The van der Waals surface area contributed by atoms with Gasteiger partial charge in [0, 0.05) is 5.69 Å². The van der Waals surface area contributed by atoms with Crippen molar-refractivity contribution in [1.82, 2.24) is 0 Å². The first-order valence-electron chi connectivity index (χ1n) is 9.61. The molecular weight excluding hydrogens is 363 g/mol. The molecule has 2 aromatic rings. The molecule has 0 heterocycles. The number of hydrogen-bond donors (Lipinski definition) is 0. The second kappa shape index (κ2) is 7.71. The van der Waals surface area contributed by atoms with Gasteiger partial charge in [-0.2, -0.15) is 0 Å². The molecule has 140 valence electrons. The maximum absolute atomic E-state index is 4.36. The quantitative estimate of drug-likeness (QED) is 0.547. The molecule has 0 aliphatic rings. The number of nitrogens with zero attached hydrogens (tertiary/aromatic N) is 1. The van der Waals surface area contributed by atoms with Crippen LogP contribution in [0.1, 0.15) is 11.1 Å². The zero-order valence-corrected chi connectivity index (χ0v) is 21.0. The predicted molar refractivity (Wildman–Crippen MR) is 129 cm³/mol. The Balaban J connectivity index is 2.29. The second-order valence-corrected chi connectivity index (χ2v) is 22.5. The van der Waals surface area contributed by atoms with Crippen molar-refractivity contribution in [2.45, 2.75) is 52.4 Å². The highest BCUT2D eigenvalue weighted by Crippen LogP contribution is 2.30. The molecule has 0 aromatic heterocycles. The lowest BCUT2D eigenvalue weighted by Crippen LogP contribution is -2.59. The molecule has 0 aliphatic heterocycles. The van der Waals surface area contributed by atoms with Gasteiger partial charge in [0.25, 0.3) is 0 Å². The minimum atomic E-state index is -1.41. The molecule has 0 radical (unpaired) electrons. The van der Waals surface area contributed by atoms with Crippen molar-refractivity contribution >= 4 is 41.7 Å². The molecule has 0 bridgehead atoms. The molecule has 1 nitrogen and oxygen atoms in total. The van der Waals surface area contributed by atoms with Gasteiger partial charge in [0.1, 0.15) is 16.5 Å². The smallest absolute Gasteiger partial charge is 0.138 e. The minimum Gasteiger partial charge on any atom is -0.425 e. The maximum atomic E-state index is 4.36. The van der Waals surface area contributed by atoms with Crippen LogP contribution in [-0.4, -0.2) is 25.3 Å². The monoisotopic (exact) mass is 397 g/mol. The van der Waals surface area contributed by atoms with Crippen LogP contribution in [0.2, 0.25) is 52.4 Å². The Kier molecular flexibility index (Phi) is 6.21. The molecular formula is C22H35NSi3. The molecule has 0 fully saturated rings. The molecule has 0 saturated carbocycles. The third-order valence-corrected chi connectivity index (χ3v) is 13.7. The van der Waals surface area contributed by atoms with Crippen molar-refractivity contribution in [2.24, 2.45) is 0 Å². The summed E-state index contributed by atoms with van der Waals surface area (Å²) in [7, 11) is -3.56. The molecule has 26 heavy (non-hydrogen) atoms. The molecule has 0 spiro atoms. The average molecular weight is 398 g/mol. The zero-order valence-electron chi connectivity index (χ0n) is 17.9. The van der Waals surface area contributed by atoms with Gasteiger partial charge in [-0.25, -0.2) is 0 Å². The van der Waals surface area contributed by atoms with E-state index in [1.807, 2.05) is 0 Å². The Morgan fingerprint density at radius 1 is 0.731 bits per heavy atom. The fraction of sp³-hybridized carbons (Fsp3) is 0.364. The highest BCUT2D eigenvalue weighted by molar-refractivity contribution is 6.99. The van der Waals surface area contributed by atoms with Gasteiger partial charge < -0.3 is 4.23 Å². The summed E-state index contributed by atoms with van der Waals surface area (Å²) in [4.78, 5) is 0. The summed E-state index contributed by atoms with van der Waals surface area (Å²) < 4.78 is 2.76. The average Bonchev–Trinajstić information content (AvgIpc) is 2.52. The molecule has 2 rings (SSSR count). The van der Waals surface area contributed by atoms with Crippen molar-refractivity contribution in [1.29, 1.82) is 0 Å². The summed E-state index contributed by atoms with van der Waals surface area (Å²) in [5, 5.41) is 1.51. The van der Waals surface area contributed by atoms with E-state index >= 15 is 0 Å². The first kappa shape index (κ1) is 20.9. The lowest BCUT2D eigenvalue weighted by Gasteiger charge is -2.46. The van der Waals surface area contributed by atoms with Gasteiger partial charge in [-0.1, -0.05) is 101 Å². The summed E-state index contributed by atoms with van der Waals surface area (Å²) in [6.07, 6.45) is 0. The third kappa shape index (κ3) is 4.87. The highest BCUT2D eigenvalue weighted by Gasteiger charge is 2.34. The highest BCUT2D eigenvalue weighted by atomic mass is 28.4. The lowest BCUT2D eigenvalue weighted by atomic mass is 9.99. The van der Waals surface area contributed by atoms with Gasteiger partial charge in [-0.15, -0.1) is 0 Å². The van der Waals surface area contributed by atoms with Crippen molar-refractivity contribution in [2.75, 3.05) is 4.23 Å². The standard InChI is InChI=1S/C22H35NSi3/c1-18(20-12-16-22(17-13-20)24(2)3)19-10-14-21(15-11-19)23(25(4,5)6)26(7,8)9/h10-17,24H,1H2,2-9H3. The Hall–Kier alpha value is -1.37. The Morgan fingerprint density at radius 3 is 1.46 bits per heavy atom. The molecule has 0 saturated heterocycles. The number of benzene rings is 2. The zero-order chi connectivity index (χ0) is 19.7. The van der Waals surface area contributed by atoms with Gasteiger partial charge in [0.05, 0.1) is 8.80 Å². The Labute approximate surface area is 164 Å². The molecule has 0 aliphatic carbocycles. The van der Waals surface area contributed by atoms with E-state index in [2.05, 4.69) is 112 Å². The van der Waals surface area contributed by atoms with Crippen LogP contribution >= 0.6 is 0 Å². The van der Waals surface area contributed by atoms with Gasteiger partial charge in [-0.3, -0.25) is 0 Å². The van der Waals surface area contributed by atoms with Crippen LogP contribution in [0.3, 0.4) is 0 Å². The topological polar surface area (TPSA) is 3.24 Å². The van der Waals surface area contributed by atoms with E-state index in [0.29, 0.717) is 0 Å². The number of anilines is 1. The van der Waals surface area contributed by atoms with E-state index in [0.717, 1.165) is 5.57 Å². The van der Waals surface area contributed by atoms with Crippen LogP contribution in [0.4, 0.5) is 5.69 Å². The van der Waals surface area contributed by atoms with E-state index in [9.17, 15) is 0 Å². The van der Waals surface area contributed by atoms with E-state index in [1.54, 1.807) is 0 Å². The summed E-state index contributed by atoms with van der Waals surface area (Å²) in [5.74, 6) is 0.